The van der Waals surface area contributed by atoms with Gasteiger partial charge in [-0.2, -0.15) is 14.7 Å². The van der Waals surface area contributed by atoms with E-state index in [0.29, 0.717) is 24.2 Å². The molecule has 0 unspecified atom stereocenters. The minimum atomic E-state index is -3.61. The average Bonchev–Trinajstić information content (AvgIpc) is 3.15. The van der Waals surface area contributed by atoms with Gasteiger partial charge >= 0.3 is 0 Å². The summed E-state index contributed by atoms with van der Waals surface area (Å²) in [6, 6.07) is 9.45. The van der Waals surface area contributed by atoms with Crippen molar-refractivity contribution in [3.8, 4) is 6.07 Å². The van der Waals surface area contributed by atoms with E-state index in [-0.39, 0.29) is 29.8 Å². The molecule has 0 spiro atoms. The Hall–Kier alpha value is -2.70. The smallest absolute Gasteiger partial charge is 0.243 e. The van der Waals surface area contributed by atoms with Gasteiger partial charge in [0, 0.05) is 25.1 Å². The van der Waals surface area contributed by atoms with Crippen LogP contribution in [-0.2, 0) is 14.8 Å². The first kappa shape index (κ1) is 17.1. The molecule has 8 nitrogen and oxygen atoms in total. The number of anilines is 1. The first-order valence-electron chi connectivity index (χ1n) is 7.81. The molecule has 1 aliphatic heterocycles. The summed E-state index contributed by atoms with van der Waals surface area (Å²) in [6.07, 6.45) is 2.45. The van der Waals surface area contributed by atoms with Crippen LogP contribution in [0.1, 0.15) is 18.4 Å². The number of hydrogen-bond acceptors (Lipinski definition) is 5. The second-order valence-corrected chi connectivity index (χ2v) is 7.71. The number of aromatic nitrogens is 2. The molecule has 0 atom stereocenters. The Labute approximate surface area is 145 Å². The highest BCUT2D eigenvalue weighted by Crippen LogP contribution is 2.24. The van der Waals surface area contributed by atoms with E-state index in [1.807, 2.05) is 6.07 Å². The van der Waals surface area contributed by atoms with Crippen molar-refractivity contribution in [3.05, 3.63) is 42.1 Å². The van der Waals surface area contributed by atoms with Crippen molar-refractivity contribution in [2.75, 3.05) is 18.4 Å². The molecule has 2 aromatic rings. The summed E-state index contributed by atoms with van der Waals surface area (Å²) in [7, 11) is -3.61. The predicted octanol–water partition coefficient (Wildman–Crippen LogP) is 1.32. The third-order valence-electron chi connectivity index (χ3n) is 4.20. The number of piperidine rings is 1. The van der Waals surface area contributed by atoms with Gasteiger partial charge in [-0.15, -0.1) is 0 Å². The Balaban J connectivity index is 1.62. The maximum Gasteiger partial charge on any atom is 0.243 e. The first-order chi connectivity index (χ1) is 12.0. The average molecular weight is 359 g/mol. The van der Waals surface area contributed by atoms with Crippen LogP contribution >= 0.6 is 0 Å². The number of nitriles is 1. The number of carbonyl (C=O) groups excluding carboxylic acids is 1. The number of sulfonamides is 1. The topological polar surface area (TPSA) is 119 Å². The van der Waals surface area contributed by atoms with E-state index in [0.717, 1.165) is 0 Å². The molecule has 1 amide bonds. The summed E-state index contributed by atoms with van der Waals surface area (Å²) in [5.74, 6) is 0.146. The molecule has 1 aliphatic rings. The monoisotopic (exact) mass is 359 g/mol. The van der Waals surface area contributed by atoms with Crippen LogP contribution in [-0.4, -0.2) is 41.9 Å². The van der Waals surface area contributed by atoms with Gasteiger partial charge in [0.2, 0.25) is 15.9 Å². The maximum atomic E-state index is 12.6. The number of hydrogen-bond donors (Lipinski definition) is 2. The third-order valence-corrected chi connectivity index (χ3v) is 6.12. The fourth-order valence-corrected chi connectivity index (χ4v) is 4.24. The van der Waals surface area contributed by atoms with Crippen LogP contribution in [0.2, 0.25) is 0 Å². The second kappa shape index (κ2) is 7.04. The van der Waals surface area contributed by atoms with Crippen molar-refractivity contribution in [1.29, 1.82) is 5.26 Å². The van der Waals surface area contributed by atoms with Crippen LogP contribution in [0.25, 0.3) is 0 Å². The van der Waals surface area contributed by atoms with Crippen LogP contribution < -0.4 is 5.32 Å². The lowest BCUT2D eigenvalue weighted by molar-refractivity contribution is -0.120. The van der Waals surface area contributed by atoms with E-state index in [9.17, 15) is 13.2 Å². The molecule has 0 radical (unpaired) electrons. The zero-order valence-corrected chi connectivity index (χ0v) is 14.2. The number of amides is 1. The highest BCUT2D eigenvalue weighted by Gasteiger charge is 2.32. The van der Waals surface area contributed by atoms with Crippen molar-refractivity contribution in [2.45, 2.75) is 17.7 Å². The quantitative estimate of drug-likeness (QED) is 0.853. The van der Waals surface area contributed by atoms with Gasteiger partial charge in [0.05, 0.1) is 22.7 Å². The molecule has 1 fully saturated rings. The lowest BCUT2D eigenvalue weighted by Crippen LogP contribution is -2.41. The van der Waals surface area contributed by atoms with E-state index in [2.05, 4.69) is 15.5 Å². The Morgan fingerprint density at radius 3 is 2.48 bits per heavy atom. The van der Waals surface area contributed by atoms with E-state index in [4.69, 9.17) is 5.26 Å². The minimum absolute atomic E-state index is 0.139. The summed E-state index contributed by atoms with van der Waals surface area (Å²) >= 11 is 0. The van der Waals surface area contributed by atoms with Crippen molar-refractivity contribution < 1.29 is 13.2 Å². The van der Waals surface area contributed by atoms with Gasteiger partial charge in [0.1, 0.15) is 5.82 Å². The maximum absolute atomic E-state index is 12.6. The van der Waals surface area contributed by atoms with Gasteiger partial charge in [-0.25, -0.2) is 8.42 Å². The molecule has 3 rings (SSSR count). The van der Waals surface area contributed by atoms with Crippen LogP contribution in [0.5, 0.6) is 0 Å². The molecule has 0 bridgehead atoms. The van der Waals surface area contributed by atoms with Gasteiger partial charge in [-0.05, 0) is 37.1 Å². The van der Waals surface area contributed by atoms with E-state index in [1.54, 1.807) is 12.3 Å². The summed E-state index contributed by atoms with van der Waals surface area (Å²) in [5, 5.41) is 18.0. The van der Waals surface area contributed by atoms with E-state index < -0.39 is 10.0 Å². The van der Waals surface area contributed by atoms with Crippen molar-refractivity contribution in [3.63, 3.8) is 0 Å². The number of aromatic amines is 1. The van der Waals surface area contributed by atoms with Gasteiger partial charge in [-0.3, -0.25) is 9.89 Å². The molecular formula is C16H17N5O3S. The zero-order chi connectivity index (χ0) is 17.9. The Morgan fingerprint density at radius 1 is 1.24 bits per heavy atom. The van der Waals surface area contributed by atoms with E-state index in [1.165, 1.54) is 28.6 Å². The number of carbonyl (C=O) groups is 1. The normalized spacial score (nSPS) is 16.3. The number of benzene rings is 1. The van der Waals surface area contributed by atoms with Crippen LogP contribution in [0.15, 0.2) is 41.4 Å². The van der Waals surface area contributed by atoms with Gasteiger partial charge in [-0.1, -0.05) is 0 Å². The molecule has 25 heavy (non-hydrogen) atoms. The molecule has 2 heterocycles. The molecule has 130 valence electrons. The van der Waals surface area contributed by atoms with Crippen LogP contribution in [0.4, 0.5) is 5.82 Å². The molecule has 0 aliphatic carbocycles. The fourth-order valence-electron chi connectivity index (χ4n) is 2.77. The Bertz CT molecular complexity index is 877. The molecule has 1 aromatic carbocycles. The third kappa shape index (κ3) is 3.70. The first-order valence-corrected chi connectivity index (χ1v) is 9.25. The molecule has 1 aromatic heterocycles. The minimum Gasteiger partial charge on any atom is -0.311 e. The predicted molar refractivity (Wildman–Crippen MR) is 89.9 cm³/mol. The Morgan fingerprint density at radius 2 is 1.92 bits per heavy atom. The SMILES string of the molecule is N#Cc1ccc(S(=O)(=O)N2CCC(C(=O)Nc3ccn[nH]3)CC2)cc1. The zero-order valence-electron chi connectivity index (χ0n) is 13.3. The number of nitrogens with one attached hydrogen (secondary N) is 2. The highest BCUT2D eigenvalue weighted by molar-refractivity contribution is 7.89. The van der Waals surface area contributed by atoms with Gasteiger partial charge in [0.25, 0.3) is 0 Å². The lowest BCUT2D eigenvalue weighted by Gasteiger charge is -2.30. The molecular weight excluding hydrogens is 342 g/mol. The molecule has 2 N–H and O–H groups in total. The van der Waals surface area contributed by atoms with Crippen molar-refractivity contribution >= 4 is 21.7 Å². The summed E-state index contributed by atoms with van der Waals surface area (Å²) in [4.78, 5) is 12.4. The standard InChI is InChI=1S/C16H17N5O3S/c17-11-12-1-3-14(4-2-12)25(23,24)21-9-6-13(7-10-21)16(22)19-15-5-8-18-20-15/h1-5,8,13H,6-7,9-10H2,(H2,18,19,20,22). The Kier molecular flexibility index (Phi) is 4.83. The number of rotatable bonds is 4. The largest absolute Gasteiger partial charge is 0.311 e. The molecule has 9 heteroatoms. The summed E-state index contributed by atoms with van der Waals surface area (Å²) in [6.45, 7) is 0.562. The lowest BCUT2D eigenvalue weighted by atomic mass is 9.97. The fraction of sp³-hybridized carbons (Fsp3) is 0.312. The van der Waals surface area contributed by atoms with Crippen LogP contribution in [0, 0.1) is 17.2 Å². The molecule has 1 saturated heterocycles. The van der Waals surface area contributed by atoms with Crippen LogP contribution in [0.3, 0.4) is 0 Å². The van der Waals surface area contributed by atoms with Gasteiger partial charge < -0.3 is 5.32 Å². The van der Waals surface area contributed by atoms with E-state index >= 15 is 0 Å². The van der Waals surface area contributed by atoms with Gasteiger partial charge in [0.15, 0.2) is 0 Å². The number of nitrogens with zero attached hydrogens (tertiary/aromatic N) is 3. The number of H-pyrrole nitrogens is 1. The molecule has 0 saturated carbocycles. The van der Waals surface area contributed by atoms with Crippen molar-refractivity contribution in [2.24, 2.45) is 5.92 Å². The summed E-state index contributed by atoms with van der Waals surface area (Å²) in [5.41, 5.74) is 0.410. The second-order valence-electron chi connectivity index (χ2n) is 5.77. The highest BCUT2D eigenvalue weighted by atomic mass is 32.2. The van der Waals surface area contributed by atoms with Crippen molar-refractivity contribution in [1.82, 2.24) is 14.5 Å². The summed E-state index contributed by atoms with van der Waals surface area (Å²) < 4.78 is 26.7.